The van der Waals surface area contributed by atoms with Gasteiger partial charge in [0, 0.05) is 14.1 Å². The summed E-state index contributed by atoms with van der Waals surface area (Å²) >= 11 is 0. The number of hydrogen-bond donors (Lipinski definition) is 0. The Bertz CT molecular complexity index is 656. The molecule has 0 amide bonds. The van der Waals surface area contributed by atoms with Crippen LogP contribution >= 0.6 is 0 Å². The minimum absolute atomic E-state index is 0.300. The van der Waals surface area contributed by atoms with Crippen molar-refractivity contribution >= 4 is 5.97 Å². The highest BCUT2D eigenvalue weighted by molar-refractivity contribution is 5.74. The van der Waals surface area contributed by atoms with Crippen LogP contribution in [-0.4, -0.2) is 31.2 Å². The van der Waals surface area contributed by atoms with Crippen LogP contribution in [0.1, 0.15) is 12.5 Å². The number of carbonyl (C=O) groups excluding carboxylic acids is 1. The molecule has 0 fully saturated rings. The average molecular weight is 333 g/mol. The van der Waals surface area contributed by atoms with E-state index >= 15 is 0 Å². The van der Waals surface area contributed by atoms with Gasteiger partial charge in [0.15, 0.2) is 6.10 Å². The summed E-state index contributed by atoms with van der Waals surface area (Å²) in [5, 5.41) is 1.32. The summed E-state index contributed by atoms with van der Waals surface area (Å²) in [7, 11) is 3.25. The van der Waals surface area contributed by atoms with Crippen LogP contribution in [0.4, 0.5) is 4.39 Å². The van der Waals surface area contributed by atoms with Gasteiger partial charge in [-0.2, -0.15) is 0 Å². The highest BCUT2D eigenvalue weighted by Crippen LogP contribution is 2.17. The number of benzene rings is 2. The fourth-order valence-corrected chi connectivity index (χ4v) is 1.87. The molecule has 0 radical (unpaired) electrons. The Kier molecular flexibility index (Phi) is 6.14. The van der Waals surface area contributed by atoms with Crippen molar-refractivity contribution in [2.45, 2.75) is 19.6 Å². The second kappa shape index (κ2) is 8.31. The van der Waals surface area contributed by atoms with Crippen LogP contribution in [0.5, 0.6) is 11.5 Å². The van der Waals surface area contributed by atoms with Gasteiger partial charge < -0.3 is 14.3 Å². The van der Waals surface area contributed by atoms with Gasteiger partial charge in [-0.3, -0.25) is 0 Å². The quantitative estimate of drug-likeness (QED) is 0.728. The van der Waals surface area contributed by atoms with Crippen molar-refractivity contribution in [1.29, 1.82) is 0 Å². The molecule has 2 aromatic rings. The van der Waals surface area contributed by atoms with Gasteiger partial charge in [0.25, 0.3) is 0 Å². The van der Waals surface area contributed by atoms with Gasteiger partial charge in [-0.25, -0.2) is 9.18 Å². The number of ether oxygens (including phenoxy) is 2. The SMILES string of the molecule is CC(Oc1ccc(COc2ccc(F)cc2)cc1)C(=O)ON(C)C. The van der Waals surface area contributed by atoms with Gasteiger partial charge in [-0.1, -0.05) is 12.1 Å². The van der Waals surface area contributed by atoms with Crippen LogP contribution in [0.3, 0.4) is 0 Å². The highest BCUT2D eigenvalue weighted by atomic mass is 19.1. The summed E-state index contributed by atoms with van der Waals surface area (Å²) in [6.07, 6.45) is -0.714. The third-order valence-corrected chi connectivity index (χ3v) is 3.06. The smallest absolute Gasteiger partial charge is 0.365 e. The number of hydrogen-bond acceptors (Lipinski definition) is 5. The molecule has 0 N–H and O–H groups in total. The summed E-state index contributed by atoms with van der Waals surface area (Å²) in [6, 6.07) is 13.0. The lowest BCUT2D eigenvalue weighted by molar-refractivity contribution is -0.185. The van der Waals surface area contributed by atoms with E-state index in [4.69, 9.17) is 14.3 Å². The molecule has 0 aromatic heterocycles. The van der Waals surface area contributed by atoms with Crippen molar-refractivity contribution in [2.75, 3.05) is 14.1 Å². The van der Waals surface area contributed by atoms with Crippen LogP contribution in [-0.2, 0) is 16.2 Å². The van der Waals surface area contributed by atoms with Crippen molar-refractivity contribution < 1.29 is 23.5 Å². The molecular formula is C18H20FNO4. The largest absolute Gasteiger partial charge is 0.489 e. The van der Waals surface area contributed by atoms with E-state index in [0.29, 0.717) is 18.1 Å². The number of halogens is 1. The lowest BCUT2D eigenvalue weighted by atomic mass is 10.2. The second-order valence-electron chi connectivity index (χ2n) is 5.37. The Morgan fingerprint density at radius 2 is 1.62 bits per heavy atom. The highest BCUT2D eigenvalue weighted by Gasteiger charge is 2.17. The van der Waals surface area contributed by atoms with Crippen molar-refractivity contribution in [1.82, 2.24) is 5.06 Å². The maximum absolute atomic E-state index is 12.8. The van der Waals surface area contributed by atoms with Gasteiger partial charge in [-0.05, 0) is 48.9 Å². The molecule has 2 rings (SSSR count). The first kappa shape index (κ1) is 17.7. The van der Waals surface area contributed by atoms with Crippen LogP contribution < -0.4 is 9.47 Å². The molecule has 0 saturated heterocycles. The summed E-state index contributed by atoms with van der Waals surface area (Å²) in [6.45, 7) is 1.97. The fraction of sp³-hybridized carbons (Fsp3) is 0.278. The van der Waals surface area contributed by atoms with Gasteiger partial charge >= 0.3 is 5.97 Å². The first-order valence-electron chi connectivity index (χ1n) is 7.47. The van der Waals surface area contributed by atoms with Crippen LogP contribution in [0.2, 0.25) is 0 Å². The van der Waals surface area contributed by atoms with E-state index in [1.165, 1.54) is 17.2 Å². The monoisotopic (exact) mass is 333 g/mol. The molecule has 0 bridgehead atoms. The van der Waals surface area contributed by atoms with Crippen LogP contribution in [0.25, 0.3) is 0 Å². The van der Waals surface area contributed by atoms with Crippen molar-refractivity contribution in [2.24, 2.45) is 0 Å². The summed E-state index contributed by atoms with van der Waals surface area (Å²) in [5.74, 6) is 0.384. The number of carbonyl (C=O) groups is 1. The average Bonchev–Trinajstić information content (AvgIpc) is 2.55. The van der Waals surface area contributed by atoms with E-state index in [1.54, 1.807) is 45.3 Å². The minimum atomic E-state index is -0.714. The first-order chi connectivity index (χ1) is 11.4. The molecular weight excluding hydrogens is 313 g/mol. The normalized spacial score (nSPS) is 11.9. The molecule has 2 aromatic carbocycles. The van der Waals surface area contributed by atoms with Crippen molar-refractivity contribution in [3.8, 4) is 11.5 Å². The summed E-state index contributed by atoms with van der Waals surface area (Å²) in [5.41, 5.74) is 0.926. The topological polar surface area (TPSA) is 48.0 Å². The molecule has 0 spiro atoms. The summed E-state index contributed by atoms with van der Waals surface area (Å²) in [4.78, 5) is 16.6. The minimum Gasteiger partial charge on any atom is -0.489 e. The zero-order valence-corrected chi connectivity index (χ0v) is 13.9. The zero-order valence-electron chi connectivity index (χ0n) is 13.9. The Morgan fingerprint density at radius 1 is 1.04 bits per heavy atom. The van der Waals surface area contributed by atoms with Crippen LogP contribution in [0, 0.1) is 5.82 Å². The van der Waals surface area contributed by atoms with Gasteiger partial charge in [0.2, 0.25) is 0 Å². The van der Waals surface area contributed by atoms with E-state index in [-0.39, 0.29) is 5.82 Å². The predicted molar refractivity (Wildman–Crippen MR) is 87.0 cm³/mol. The van der Waals surface area contributed by atoms with Gasteiger partial charge in [-0.15, -0.1) is 5.06 Å². The van der Waals surface area contributed by atoms with E-state index in [2.05, 4.69) is 0 Å². The number of rotatable bonds is 7. The third-order valence-electron chi connectivity index (χ3n) is 3.06. The zero-order chi connectivity index (χ0) is 17.5. The molecule has 5 nitrogen and oxygen atoms in total. The molecule has 0 saturated carbocycles. The molecule has 0 aliphatic carbocycles. The second-order valence-corrected chi connectivity index (χ2v) is 5.37. The Morgan fingerprint density at radius 3 is 2.21 bits per heavy atom. The van der Waals surface area contributed by atoms with Crippen LogP contribution in [0.15, 0.2) is 48.5 Å². The third kappa shape index (κ3) is 5.55. The predicted octanol–water partition coefficient (Wildman–Crippen LogP) is 3.19. The number of hydroxylamine groups is 2. The lowest BCUT2D eigenvalue weighted by Gasteiger charge is -2.16. The van der Waals surface area contributed by atoms with E-state index < -0.39 is 12.1 Å². The fourth-order valence-electron chi connectivity index (χ4n) is 1.87. The van der Waals surface area contributed by atoms with Gasteiger partial charge in [0.05, 0.1) is 0 Å². The van der Waals surface area contributed by atoms with Crippen molar-refractivity contribution in [3.63, 3.8) is 0 Å². The Hall–Kier alpha value is -2.60. The number of nitrogens with zero attached hydrogens (tertiary/aromatic N) is 1. The molecule has 1 atom stereocenters. The van der Waals surface area contributed by atoms with E-state index in [1.807, 2.05) is 12.1 Å². The van der Waals surface area contributed by atoms with Gasteiger partial charge in [0.1, 0.15) is 23.9 Å². The summed E-state index contributed by atoms with van der Waals surface area (Å²) < 4.78 is 23.9. The standard InChI is InChI=1S/C18H20FNO4/c1-13(18(21)24-20(2)3)23-17-8-4-14(5-9-17)12-22-16-10-6-15(19)7-11-16/h4-11,13H,12H2,1-3H3. The Labute approximate surface area is 140 Å². The lowest BCUT2D eigenvalue weighted by Crippen LogP contribution is -2.30. The first-order valence-corrected chi connectivity index (χ1v) is 7.47. The maximum Gasteiger partial charge on any atom is 0.365 e. The Balaban J connectivity index is 1.86. The molecule has 6 heteroatoms. The molecule has 24 heavy (non-hydrogen) atoms. The van der Waals surface area contributed by atoms with E-state index in [0.717, 1.165) is 5.56 Å². The molecule has 0 aliphatic heterocycles. The van der Waals surface area contributed by atoms with Crippen molar-refractivity contribution in [3.05, 3.63) is 59.9 Å². The molecule has 1 unspecified atom stereocenters. The van der Waals surface area contributed by atoms with E-state index in [9.17, 15) is 9.18 Å². The molecule has 128 valence electrons. The maximum atomic E-state index is 12.8. The molecule has 0 heterocycles. The molecule has 0 aliphatic rings.